The molecule has 2 fully saturated rings. The third-order valence-electron chi connectivity index (χ3n) is 13.6. The van der Waals surface area contributed by atoms with Crippen molar-refractivity contribution >= 4 is 73.0 Å². The fourth-order valence-corrected chi connectivity index (χ4v) is 15.4. The predicted octanol–water partition coefficient (Wildman–Crippen LogP) is 8.69. The summed E-state index contributed by atoms with van der Waals surface area (Å²) >= 11 is 0. The number of nitrogens with zero attached hydrogens (tertiary/aromatic N) is 3. The van der Waals surface area contributed by atoms with Crippen LogP contribution in [-0.2, 0) is 61.9 Å². The van der Waals surface area contributed by atoms with Gasteiger partial charge in [0.2, 0.25) is 20.0 Å². The molecule has 4 atom stereocenters. The highest BCUT2D eigenvalue weighted by Crippen LogP contribution is 2.44. The number of sulfonamides is 2. The van der Waals surface area contributed by atoms with Gasteiger partial charge in [-0.2, -0.15) is 4.31 Å². The summed E-state index contributed by atoms with van der Waals surface area (Å²) in [6.45, 7) is 21.7. The molecular formula is C53H62N4O10S2Si. The van der Waals surface area contributed by atoms with Gasteiger partial charge in [-0.3, -0.25) is 0 Å². The van der Waals surface area contributed by atoms with Crippen molar-refractivity contribution in [2.45, 2.75) is 134 Å². The molecule has 17 heteroatoms. The van der Waals surface area contributed by atoms with Crippen LogP contribution in [0.25, 0.3) is 33.0 Å². The van der Waals surface area contributed by atoms with Gasteiger partial charge in [0.05, 0.1) is 38.5 Å². The van der Waals surface area contributed by atoms with E-state index in [1.54, 1.807) is 59.9 Å². The minimum atomic E-state index is -4.41. The largest absolute Gasteiger partial charge is 0.386 e. The molecular weight excluding hydrogens is 945 g/mol. The first-order chi connectivity index (χ1) is 32.8. The molecule has 370 valence electrons. The third-order valence-corrected chi connectivity index (χ3v) is 19.3. The van der Waals surface area contributed by atoms with Crippen molar-refractivity contribution < 1.29 is 45.4 Å². The maximum atomic E-state index is 15.5. The molecule has 6 aromatic rings. The van der Waals surface area contributed by atoms with Crippen LogP contribution in [-0.4, -0.2) is 93.5 Å². The van der Waals surface area contributed by atoms with E-state index in [0.717, 1.165) is 28.1 Å². The van der Waals surface area contributed by atoms with Crippen LogP contribution in [0.5, 0.6) is 0 Å². The number of hydrogen-bond donors (Lipinski definition) is 1. The van der Waals surface area contributed by atoms with E-state index < -0.39 is 70.1 Å². The monoisotopic (exact) mass is 1010 g/mol. The van der Waals surface area contributed by atoms with E-state index in [1.807, 2.05) is 89.8 Å². The van der Waals surface area contributed by atoms with Gasteiger partial charge < -0.3 is 28.1 Å². The Kier molecular flexibility index (Phi) is 12.9. The normalized spacial score (nSPS) is 21.1. The molecule has 1 N–H and O–H groups in total. The molecule has 5 heterocycles. The molecule has 3 aliphatic rings. The number of aryl methyl sites for hydroxylation is 6. The first-order valence-corrected chi connectivity index (χ1v) is 30.3. The average Bonchev–Trinajstić information content (AvgIpc) is 3.97. The van der Waals surface area contributed by atoms with Crippen molar-refractivity contribution in [3.8, 4) is 0 Å². The molecule has 0 spiro atoms. The minimum absolute atomic E-state index is 0.0143. The highest BCUT2D eigenvalue weighted by atomic mass is 32.2. The Hall–Kier alpha value is -5.24. The number of nitrogens with one attached hydrogen (secondary N) is 1. The number of rotatable bonds is 14. The van der Waals surface area contributed by atoms with Crippen LogP contribution in [0.4, 0.5) is 0 Å². The highest BCUT2D eigenvalue weighted by Gasteiger charge is 2.57. The van der Waals surface area contributed by atoms with Gasteiger partial charge >= 0.3 is 11.9 Å². The molecule has 0 unspecified atom stereocenters. The number of piperidine rings is 1. The van der Waals surface area contributed by atoms with Crippen molar-refractivity contribution in [2.24, 2.45) is 0 Å². The van der Waals surface area contributed by atoms with Gasteiger partial charge in [0.15, 0.2) is 5.79 Å². The Morgan fingerprint density at radius 3 is 1.73 bits per heavy atom. The van der Waals surface area contributed by atoms with E-state index in [2.05, 4.69) is 24.4 Å². The molecule has 0 amide bonds. The molecule has 2 saturated heterocycles. The van der Waals surface area contributed by atoms with Crippen molar-refractivity contribution in [3.05, 3.63) is 130 Å². The van der Waals surface area contributed by atoms with E-state index in [-0.39, 0.29) is 40.8 Å². The first-order valence-electron chi connectivity index (χ1n) is 23.7. The van der Waals surface area contributed by atoms with E-state index in [4.69, 9.17) is 18.9 Å². The van der Waals surface area contributed by atoms with Gasteiger partial charge in [-0.05, 0) is 95.8 Å². The Morgan fingerprint density at radius 1 is 0.700 bits per heavy atom. The van der Waals surface area contributed by atoms with Crippen LogP contribution in [0.3, 0.4) is 0 Å². The van der Waals surface area contributed by atoms with Crippen molar-refractivity contribution in [1.82, 2.24) is 18.2 Å². The third kappa shape index (κ3) is 9.15. The Labute approximate surface area is 411 Å². The van der Waals surface area contributed by atoms with Crippen LogP contribution in [0.15, 0.2) is 95.0 Å². The zero-order valence-corrected chi connectivity index (χ0v) is 44.3. The van der Waals surface area contributed by atoms with Crippen LogP contribution in [0.1, 0.15) is 58.4 Å². The first kappa shape index (κ1) is 49.7. The van der Waals surface area contributed by atoms with E-state index in [0.29, 0.717) is 50.9 Å². The zero-order valence-electron chi connectivity index (χ0n) is 41.7. The zero-order chi connectivity index (χ0) is 50.4. The van der Waals surface area contributed by atoms with E-state index in [1.165, 1.54) is 4.31 Å². The second-order valence-corrected chi connectivity index (χ2v) is 30.0. The van der Waals surface area contributed by atoms with Gasteiger partial charge in [0, 0.05) is 67.6 Å². The fraction of sp³-hybridized carbons (Fsp3) is 0.396. The van der Waals surface area contributed by atoms with E-state index in [9.17, 15) is 18.0 Å². The SMILES string of the molecule is Cc1cc(C)c(S(=O)(=O)N[C@H]2CN(S(=O)(=O)c3c(C)cc(C)cc3C)[C@@H](Cn3cc(C4=C(c5cn(COCC[Si](C)(C)C)c6ccccc56)C(=O)OC4=O)c4ccccc43)[C@H]3OC(C)(C)O[C@@H]32)c(C)c1. The molecule has 0 saturated carbocycles. The fourth-order valence-electron chi connectivity index (χ4n) is 10.9. The van der Waals surface area contributed by atoms with Gasteiger partial charge in [0.1, 0.15) is 18.9 Å². The standard InChI is InChI=1S/C53H62N4O10S2Si/c1-31-22-33(3)49(34(4)23-31)68(60,61)54-41-28-57(69(62,63)50-35(5)24-32(2)25-36(50)6)44(48-47(41)66-53(7,8)67-48)29-55-26-39(37-16-12-14-18-42(37)55)45-46(52(59)65-51(45)58)40-27-56(30-64-20-21-70(9,10)11)43-19-15-13-17-38(40)43/h12-19,22-27,41,44,47-48,54H,20-21,28-30H2,1-11H3/t41-,44-,47+,48+/m0/s1. The number of cyclic esters (lactones) is 2. The lowest BCUT2D eigenvalue weighted by molar-refractivity contribution is -0.150. The highest BCUT2D eigenvalue weighted by molar-refractivity contribution is 7.90. The number of esters is 2. The summed E-state index contributed by atoms with van der Waals surface area (Å²) in [5.74, 6) is -2.82. The Morgan fingerprint density at radius 2 is 1.19 bits per heavy atom. The number of fused-ring (bicyclic) bond motifs is 3. The topological polar surface area (TPSA) is 164 Å². The second kappa shape index (κ2) is 18.1. The molecule has 0 aliphatic carbocycles. The lowest BCUT2D eigenvalue weighted by atomic mass is 9.94. The van der Waals surface area contributed by atoms with Crippen molar-refractivity contribution in [3.63, 3.8) is 0 Å². The number of carbonyl (C=O) groups excluding carboxylic acids is 2. The van der Waals surface area contributed by atoms with E-state index >= 15 is 8.42 Å². The lowest BCUT2D eigenvalue weighted by Gasteiger charge is -2.44. The van der Waals surface area contributed by atoms with Gasteiger partial charge in [-0.1, -0.05) is 91.4 Å². The number of para-hydroxylation sites is 2. The molecule has 4 aromatic carbocycles. The minimum Gasteiger partial charge on any atom is -0.386 e. The van der Waals surface area contributed by atoms with Crippen LogP contribution in [0, 0.1) is 41.5 Å². The number of benzene rings is 4. The number of carbonyl (C=O) groups is 2. The summed E-state index contributed by atoms with van der Waals surface area (Å²) < 4.78 is 93.0. The summed E-state index contributed by atoms with van der Waals surface area (Å²) in [5.41, 5.74) is 6.63. The van der Waals surface area contributed by atoms with Gasteiger partial charge in [0.25, 0.3) is 0 Å². The number of hydrogen-bond acceptors (Lipinski definition) is 10. The van der Waals surface area contributed by atoms with Crippen LogP contribution in [0.2, 0.25) is 25.7 Å². The summed E-state index contributed by atoms with van der Waals surface area (Å²) in [6.07, 6.45) is 1.68. The number of aromatic nitrogens is 2. The molecule has 3 aliphatic heterocycles. The molecule has 0 bridgehead atoms. The van der Waals surface area contributed by atoms with Gasteiger partial charge in [-0.15, -0.1) is 0 Å². The summed E-state index contributed by atoms with van der Waals surface area (Å²) in [7, 11) is -10.00. The summed E-state index contributed by atoms with van der Waals surface area (Å²) in [6, 6.07) is 21.2. The molecule has 14 nitrogen and oxygen atoms in total. The maximum absolute atomic E-state index is 15.5. The second-order valence-electron chi connectivity index (χ2n) is 20.9. The molecule has 2 aromatic heterocycles. The lowest BCUT2D eigenvalue weighted by Crippen LogP contribution is -2.66. The van der Waals surface area contributed by atoms with Gasteiger partial charge in [-0.25, -0.2) is 31.1 Å². The smallest absolute Gasteiger partial charge is 0.347 e. The summed E-state index contributed by atoms with van der Waals surface area (Å²) in [5, 5.41) is 1.37. The molecule has 9 rings (SSSR count). The number of ether oxygens (including phenoxy) is 4. The van der Waals surface area contributed by atoms with Crippen LogP contribution >= 0.6 is 0 Å². The quantitative estimate of drug-likeness (QED) is 0.0483. The summed E-state index contributed by atoms with van der Waals surface area (Å²) in [4.78, 5) is 28.3. The molecule has 0 radical (unpaired) electrons. The maximum Gasteiger partial charge on any atom is 0.347 e. The molecule has 70 heavy (non-hydrogen) atoms. The van der Waals surface area contributed by atoms with Crippen LogP contribution < -0.4 is 4.72 Å². The predicted molar refractivity (Wildman–Crippen MR) is 273 cm³/mol. The Bertz CT molecular complexity index is 3340. The van der Waals surface area contributed by atoms with Crippen molar-refractivity contribution in [2.75, 3.05) is 13.2 Å². The van der Waals surface area contributed by atoms with Crippen molar-refractivity contribution in [1.29, 1.82) is 0 Å². The average molecular weight is 1010 g/mol. The Balaban J connectivity index is 1.17.